The Labute approximate surface area is 99.8 Å². The van der Waals surface area contributed by atoms with Crippen LogP contribution in [0.25, 0.3) is 0 Å². The van der Waals surface area contributed by atoms with E-state index in [0.29, 0.717) is 5.69 Å². The van der Waals surface area contributed by atoms with Gasteiger partial charge in [-0.05, 0) is 24.3 Å². The van der Waals surface area contributed by atoms with Gasteiger partial charge >= 0.3 is 12.2 Å². The van der Waals surface area contributed by atoms with Crippen molar-refractivity contribution in [3.8, 4) is 0 Å². The van der Waals surface area contributed by atoms with Crippen LogP contribution in [0.4, 0.5) is 24.9 Å². The van der Waals surface area contributed by atoms with Crippen molar-refractivity contribution in [3.63, 3.8) is 0 Å². The second-order valence-electron chi connectivity index (χ2n) is 3.41. The summed E-state index contributed by atoms with van der Waals surface area (Å²) in [4.78, 5) is 0. The molecule has 2 rings (SSSR count). The highest BCUT2D eigenvalue weighted by Crippen LogP contribution is 2.30. The molecule has 0 fully saturated rings. The molecular weight excluding hydrogens is 249 g/mol. The molecule has 0 atom stereocenters. The molecule has 1 heterocycles. The van der Waals surface area contributed by atoms with Crippen molar-refractivity contribution in [1.82, 2.24) is 10.2 Å². The zero-order chi connectivity index (χ0) is 13.2. The van der Waals surface area contributed by atoms with Crippen molar-refractivity contribution in [2.24, 2.45) is 5.73 Å². The lowest BCUT2D eigenvalue weighted by Gasteiger charge is -2.07. The van der Waals surface area contributed by atoms with Gasteiger partial charge in [0, 0.05) is 5.69 Å². The average molecular weight is 258 g/mol. The molecule has 1 aromatic carbocycles. The van der Waals surface area contributed by atoms with Crippen LogP contribution in [0.15, 0.2) is 28.7 Å². The van der Waals surface area contributed by atoms with Crippen LogP contribution in [-0.4, -0.2) is 10.2 Å². The van der Waals surface area contributed by atoms with Crippen LogP contribution in [0, 0.1) is 0 Å². The molecule has 0 aliphatic rings. The van der Waals surface area contributed by atoms with Gasteiger partial charge in [-0.25, -0.2) is 0 Å². The second-order valence-corrected chi connectivity index (χ2v) is 3.41. The average Bonchev–Trinajstić information content (AvgIpc) is 2.76. The van der Waals surface area contributed by atoms with Gasteiger partial charge in [-0.15, -0.1) is 5.10 Å². The zero-order valence-corrected chi connectivity index (χ0v) is 9.03. The smallest absolute Gasteiger partial charge is 0.406 e. The summed E-state index contributed by atoms with van der Waals surface area (Å²) < 4.78 is 42.0. The molecule has 18 heavy (non-hydrogen) atoms. The standard InChI is InChI=1S/C10H9F3N4O/c11-10(12,13)6-1-3-7(4-2-6)15-9-17-16-8(5-14)18-9/h1-4H,5,14H2,(H,15,17). The van der Waals surface area contributed by atoms with Crippen LogP contribution in [0.1, 0.15) is 11.5 Å². The molecule has 8 heteroatoms. The number of halogens is 3. The van der Waals surface area contributed by atoms with Gasteiger partial charge in [0.25, 0.3) is 0 Å². The van der Waals surface area contributed by atoms with E-state index in [4.69, 9.17) is 10.2 Å². The molecule has 3 N–H and O–H groups in total. The first-order valence-electron chi connectivity index (χ1n) is 4.96. The summed E-state index contributed by atoms with van der Waals surface area (Å²) in [6, 6.07) is 4.55. The molecule has 0 unspecified atom stereocenters. The van der Waals surface area contributed by atoms with Gasteiger partial charge in [0.05, 0.1) is 12.1 Å². The van der Waals surface area contributed by atoms with Crippen LogP contribution >= 0.6 is 0 Å². The van der Waals surface area contributed by atoms with E-state index in [-0.39, 0.29) is 18.5 Å². The SMILES string of the molecule is NCc1nnc(Nc2ccc(C(F)(F)F)cc2)o1. The van der Waals surface area contributed by atoms with E-state index < -0.39 is 11.7 Å². The maximum absolute atomic E-state index is 12.3. The molecule has 0 aliphatic carbocycles. The predicted molar refractivity (Wildman–Crippen MR) is 56.9 cm³/mol. The minimum absolute atomic E-state index is 0.0789. The monoisotopic (exact) mass is 258 g/mol. The predicted octanol–water partition coefficient (Wildman–Crippen LogP) is 2.29. The molecule has 2 aromatic rings. The van der Waals surface area contributed by atoms with Crippen molar-refractivity contribution < 1.29 is 17.6 Å². The summed E-state index contributed by atoms with van der Waals surface area (Å²) in [6.07, 6.45) is -4.35. The third kappa shape index (κ3) is 2.77. The summed E-state index contributed by atoms with van der Waals surface area (Å²) in [6.45, 7) is 0.0989. The molecule has 0 radical (unpaired) electrons. The number of hydrogen-bond acceptors (Lipinski definition) is 5. The lowest BCUT2D eigenvalue weighted by atomic mass is 10.2. The van der Waals surface area contributed by atoms with E-state index in [9.17, 15) is 13.2 Å². The summed E-state index contributed by atoms with van der Waals surface area (Å²) in [5.74, 6) is 0.240. The Morgan fingerprint density at radius 3 is 2.33 bits per heavy atom. The normalized spacial score (nSPS) is 11.6. The Balaban J connectivity index is 2.11. The molecule has 0 saturated heterocycles. The number of nitrogens with one attached hydrogen (secondary N) is 1. The largest absolute Gasteiger partial charge is 0.416 e. The summed E-state index contributed by atoms with van der Waals surface area (Å²) in [5.41, 5.74) is 4.97. The van der Waals surface area contributed by atoms with Crippen molar-refractivity contribution in [3.05, 3.63) is 35.7 Å². The maximum Gasteiger partial charge on any atom is 0.416 e. The molecule has 0 spiro atoms. The Morgan fingerprint density at radius 1 is 1.17 bits per heavy atom. The van der Waals surface area contributed by atoms with Gasteiger partial charge in [0.15, 0.2) is 0 Å². The third-order valence-electron chi connectivity index (χ3n) is 2.10. The highest BCUT2D eigenvalue weighted by atomic mass is 19.4. The lowest BCUT2D eigenvalue weighted by molar-refractivity contribution is -0.137. The van der Waals surface area contributed by atoms with E-state index in [1.807, 2.05) is 0 Å². The van der Waals surface area contributed by atoms with Crippen LogP contribution in [0.5, 0.6) is 0 Å². The number of alkyl halides is 3. The molecule has 1 aromatic heterocycles. The molecule has 0 bridgehead atoms. The number of hydrogen-bond donors (Lipinski definition) is 2. The lowest BCUT2D eigenvalue weighted by Crippen LogP contribution is -2.04. The van der Waals surface area contributed by atoms with Gasteiger partial charge in [0.2, 0.25) is 5.89 Å². The molecule has 5 nitrogen and oxygen atoms in total. The van der Waals surface area contributed by atoms with Crippen LogP contribution < -0.4 is 11.1 Å². The van der Waals surface area contributed by atoms with Crippen LogP contribution in [-0.2, 0) is 12.7 Å². The van der Waals surface area contributed by atoms with Crippen LogP contribution in [0.3, 0.4) is 0 Å². The van der Waals surface area contributed by atoms with Crippen molar-refractivity contribution in [1.29, 1.82) is 0 Å². The van der Waals surface area contributed by atoms with Gasteiger partial charge < -0.3 is 15.5 Å². The van der Waals surface area contributed by atoms with E-state index >= 15 is 0 Å². The topological polar surface area (TPSA) is 77.0 Å². The fourth-order valence-electron chi connectivity index (χ4n) is 1.25. The Hall–Kier alpha value is -2.09. The number of nitrogens with zero attached hydrogens (tertiary/aromatic N) is 2. The summed E-state index contributed by atoms with van der Waals surface area (Å²) in [5, 5.41) is 9.90. The Morgan fingerprint density at radius 2 is 1.83 bits per heavy atom. The second kappa shape index (κ2) is 4.65. The van der Waals surface area contributed by atoms with Crippen molar-refractivity contribution >= 4 is 11.7 Å². The number of aromatic nitrogens is 2. The summed E-state index contributed by atoms with van der Waals surface area (Å²) >= 11 is 0. The Bertz CT molecular complexity index is 521. The highest BCUT2D eigenvalue weighted by molar-refractivity contribution is 5.52. The van der Waals surface area contributed by atoms with E-state index in [1.54, 1.807) is 0 Å². The number of nitrogens with two attached hydrogens (primary N) is 1. The fourth-order valence-corrected chi connectivity index (χ4v) is 1.25. The van der Waals surface area contributed by atoms with Gasteiger partial charge in [-0.1, -0.05) is 5.10 Å². The fraction of sp³-hybridized carbons (Fsp3) is 0.200. The van der Waals surface area contributed by atoms with Crippen molar-refractivity contribution in [2.75, 3.05) is 5.32 Å². The molecule has 0 saturated carbocycles. The zero-order valence-electron chi connectivity index (χ0n) is 9.03. The van der Waals surface area contributed by atoms with Crippen molar-refractivity contribution in [2.45, 2.75) is 12.7 Å². The minimum Gasteiger partial charge on any atom is -0.406 e. The highest BCUT2D eigenvalue weighted by Gasteiger charge is 2.29. The first-order chi connectivity index (χ1) is 8.49. The molecule has 0 aliphatic heterocycles. The quantitative estimate of drug-likeness (QED) is 0.883. The van der Waals surface area contributed by atoms with Gasteiger partial charge in [-0.3, -0.25) is 0 Å². The first-order valence-corrected chi connectivity index (χ1v) is 4.96. The molecular formula is C10H9F3N4O. The van der Waals surface area contributed by atoms with E-state index in [1.165, 1.54) is 12.1 Å². The Kier molecular flexibility index (Phi) is 3.19. The number of benzene rings is 1. The summed E-state index contributed by atoms with van der Waals surface area (Å²) in [7, 11) is 0. The third-order valence-corrected chi connectivity index (χ3v) is 2.10. The maximum atomic E-state index is 12.3. The van der Waals surface area contributed by atoms with Crippen LogP contribution in [0.2, 0.25) is 0 Å². The van der Waals surface area contributed by atoms with E-state index in [2.05, 4.69) is 15.5 Å². The van der Waals surface area contributed by atoms with Gasteiger partial charge in [0.1, 0.15) is 0 Å². The minimum atomic E-state index is -4.35. The molecule has 96 valence electrons. The van der Waals surface area contributed by atoms with E-state index in [0.717, 1.165) is 12.1 Å². The number of anilines is 2. The van der Waals surface area contributed by atoms with Gasteiger partial charge in [-0.2, -0.15) is 13.2 Å². The molecule has 0 amide bonds. The number of rotatable bonds is 3. The first kappa shape index (κ1) is 12.4.